The highest BCUT2D eigenvalue weighted by molar-refractivity contribution is 4.78. The molecule has 1 saturated heterocycles. The van der Waals surface area contributed by atoms with Crippen molar-refractivity contribution in [1.82, 2.24) is 5.32 Å². The van der Waals surface area contributed by atoms with E-state index < -0.39 is 0 Å². The largest absolute Gasteiger partial charge is 0.385 e. The first-order valence-corrected chi connectivity index (χ1v) is 7.11. The van der Waals surface area contributed by atoms with Crippen molar-refractivity contribution in [2.24, 2.45) is 5.92 Å². The van der Waals surface area contributed by atoms with Gasteiger partial charge in [-0.05, 0) is 44.6 Å². The van der Waals surface area contributed by atoms with Gasteiger partial charge in [-0.3, -0.25) is 0 Å². The molecule has 3 unspecified atom stereocenters. The van der Waals surface area contributed by atoms with Crippen molar-refractivity contribution in [2.75, 3.05) is 26.9 Å². The van der Waals surface area contributed by atoms with Crippen LogP contribution in [0.2, 0.25) is 0 Å². The van der Waals surface area contributed by atoms with Crippen LogP contribution in [0, 0.1) is 5.92 Å². The number of nitrogens with one attached hydrogen (secondary N) is 1. The Morgan fingerprint density at radius 2 is 2.24 bits per heavy atom. The number of ether oxygens (including phenoxy) is 2. The van der Waals surface area contributed by atoms with E-state index >= 15 is 0 Å². The Morgan fingerprint density at radius 3 is 2.82 bits per heavy atom. The number of hydrogen-bond acceptors (Lipinski definition) is 3. The molecule has 0 aromatic heterocycles. The zero-order valence-corrected chi connectivity index (χ0v) is 11.7. The van der Waals surface area contributed by atoms with E-state index in [0.717, 1.165) is 32.6 Å². The fourth-order valence-electron chi connectivity index (χ4n) is 2.56. The van der Waals surface area contributed by atoms with Crippen LogP contribution >= 0.6 is 0 Å². The van der Waals surface area contributed by atoms with Gasteiger partial charge in [-0.25, -0.2) is 0 Å². The molecule has 0 aromatic rings. The summed E-state index contributed by atoms with van der Waals surface area (Å²) in [4.78, 5) is 0. The van der Waals surface area contributed by atoms with Crippen molar-refractivity contribution in [3.8, 4) is 0 Å². The molecule has 1 aliphatic rings. The maximum absolute atomic E-state index is 5.84. The molecule has 3 heteroatoms. The first kappa shape index (κ1) is 14.9. The molecule has 0 radical (unpaired) electrons. The molecule has 0 aliphatic carbocycles. The molecule has 1 aliphatic heterocycles. The summed E-state index contributed by atoms with van der Waals surface area (Å²) < 4.78 is 11.0. The summed E-state index contributed by atoms with van der Waals surface area (Å²) >= 11 is 0. The monoisotopic (exact) mass is 243 g/mol. The molecule has 0 aromatic carbocycles. The van der Waals surface area contributed by atoms with E-state index in [1.54, 1.807) is 7.11 Å². The van der Waals surface area contributed by atoms with Crippen molar-refractivity contribution in [1.29, 1.82) is 0 Å². The van der Waals surface area contributed by atoms with Crippen molar-refractivity contribution in [3.05, 3.63) is 0 Å². The van der Waals surface area contributed by atoms with Gasteiger partial charge in [0.15, 0.2) is 0 Å². The number of hydrogen-bond donors (Lipinski definition) is 1. The molecule has 0 saturated carbocycles. The maximum atomic E-state index is 5.84. The van der Waals surface area contributed by atoms with E-state index in [4.69, 9.17) is 9.47 Å². The average Bonchev–Trinajstić information content (AvgIpc) is 2.36. The molecule has 0 spiro atoms. The minimum Gasteiger partial charge on any atom is -0.385 e. The van der Waals surface area contributed by atoms with Gasteiger partial charge in [-0.1, -0.05) is 13.8 Å². The van der Waals surface area contributed by atoms with Crippen LogP contribution in [0.1, 0.15) is 46.0 Å². The van der Waals surface area contributed by atoms with Crippen molar-refractivity contribution >= 4 is 0 Å². The predicted molar refractivity (Wildman–Crippen MR) is 71.3 cm³/mol. The SMILES string of the molecule is CCNC(CC1CCCCO1)C(C)CCOC. The molecular weight excluding hydrogens is 214 g/mol. The van der Waals surface area contributed by atoms with Gasteiger partial charge in [0.05, 0.1) is 6.10 Å². The Kier molecular flexibility index (Phi) is 7.82. The second-order valence-electron chi connectivity index (χ2n) is 5.15. The lowest BCUT2D eigenvalue weighted by atomic mass is 9.91. The van der Waals surface area contributed by atoms with E-state index in [1.807, 2.05) is 0 Å². The molecule has 102 valence electrons. The summed E-state index contributed by atoms with van der Waals surface area (Å²) in [5.41, 5.74) is 0. The molecule has 0 amide bonds. The van der Waals surface area contributed by atoms with Crippen LogP contribution < -0.4 is 5.32 Å². The molecule has 1 rings (SSSR count). The van der Waals surface area contributed by atoms with Gasteiger partial charge < -0.3 is 14.8 Å². The van der Waals surface area contributed by atoms with Gasteiger partial charge in [0, 0.05) is 26.4 Å². The van der Waals surface area contributed by atoms with Crippen molar-refractivity contribution in [2.45, 2.75) is 58.1 Å². The first-order valence-electron chi connectivity index (χ1n) is 7.11. The minimum atomic E-state index is 0.470. The summed E-state index contributed by atoms with van der Waals surface area (Å²) in [6, 6.07) is 0.568. The molecule has 1 heterocycles. The third-order valence-electron chi connectivity index (χ3n) is 3.72. The Bertz CT molecular complexity index is 181. The summed E-state index contributed by atoms with van der Waals surface area (Å²) in [6.07, 6.45) is 6.55. The molecule has 3 atom stereocenters. The predicted octanol–water partition coefficient (Wildman–Crippen LogP) is 2.60. The lowest BCUT2D eigenvalue weighted by molar-refractivity contribution is 0.000707. The molecule has 1 fully saturated rings. The molecular formula is C14H29NO2. The lowest BCUT2D eigenvalue weighted by Crippen LogP contribution is -2.39. The Hall–Kier alpha value is -0.120. The van der Waals surface area contributed by atoms with Crippen LogP contribution in [-0.2, 0) is 9.47 Å². The van der Waals surface area contributed by atoms with E-state index in [2.05, 4.69) is 19.2 Å². The zero-order valence-electron chi connectivity index (χ0n) is 11.7. The summed E-state index contributed by atoms with van der Waals surface area (Å²) in [7, 11) is 1.78. The molecule has 1 N–H and O–H groups in total. The number of rotatable bonds is 8. The fourth-order valence-corrected chi connectivity index (χ4v) is 2.56. The molecule has 0 bridgehead atoms. The van der Waals surface area contributed by atoms with Gasteiger partial charge in [0.25, 0.3) is 0 Å². The Labute approximate surface area is 106 Å². The van der Waals surface area contributed by atoms with Crippen LogP contribution in [0.4, 0.5) is 0 Å². The molecule has 17 heavy (non-hydrogen) atoms. The van der Waals surface area contributed by atoms with Crippen LogP contribution in [0.5, 0.6) is 0 Å². The van der Waals surface area contributed by atoms with Crippen molar-refractivity contribution in [3.63, 3.8) is 0 Å². The van der Waals surface area contributed by atoms with E-state index in [0.29, 0.717) is 18.1 Å². The Morgan fingerprint density at radius 1 is 1.41 bits per heavy atom. The third kappa shape index (κ3) is 5.84. The quantitative estimate of drug-likeness (QED) is 0.711. The average molecular weight is 243 g/mol. The first-order chi connectivity index (χ1) is 8.27. The van der Waals surface area contributed by atoms with Gasteiger partial charge in [-0.15, -0.1) is 0 Å². The summed E-state index contributed by atoms with van der Waals surface area (Å²) in [5.74, 6) is 0.653. The van der Waals surface area contributed by atoms with E-state index in [1.165, 1.54) is 19.3 Å². The van der Waals surface area contributed by atoms with Crippen LogP contribution in [0.3, 0.4) is 0 Å². The maximum Gasteiger partial charge on any atom is 0.0590 e. The van der Waals surface area contributed by atoms with Gasteiger partial charge >= 0.3 is 0 Å². The second kappa shape index (κ2) is 8.90. The van der Waals surface area contributed by atoms with Crippen LogP contribution in [0.25, 0.3) is 0 Å². The fraction of sp³-hybridized carbons (Fsp3) is 1.00. The van der Waals surface area contributed by atoms with Crippen LogP contribution in [-0.4, -0.2) is 39.0 Å². The second-order valence-corrected chi connectivity index (χ2v) is 5.15. The summed E-state index contributed by atoms with van der Waals surface area (Å²) in [5, 5.41) is 3.60. The van der Waals surface area contributed by atoms with E-state index in [-0.39, 0.29) is 0 Å². The highest BCUT2D eigenvalue weighted by Gasteiger charge is 2.22. The topological polar surface area (TPSA) is 30.5 Å². The zero-order chi connectivity index (χ0) is 12.5. The third-order valence-corrected chi connectivity index (χ3v) is 3.72. The molecule has 3 nitrogen and oxygen atoms in total. The normalized spacial score (nSPS) is 24.5. The van der Waals surface area contributed by atoms with Crippen molar-refractivity contribution < 1.29 is 9.47 Å². The number of methoxy groups -OCH3 is 1. The van der Waals surface area contributed by atoms with E-state index in [9.17, 15) is 0 Å². The Balaban J connectivity index is 2.34. The highest BCUT2D eigenvalue weighted by Crippen LogP contribution is 2.21. The van der Waals surface area contributed by atoms with Gasteiger partial charge in [0.2, 0.25) is 0 Å². The van der Waals surface area contributed by atoms with Gasteiger partial charge in [-0.2, -0.15) is 0 Å². The van der Waals surface area contributed by atoms with Gasteiger partial charge in [0.1, 0.15) is 0 Å². The standard InChI is InChI=1S/C14H29NO2/c1-4-15-14(12(2)8-10-16-3)11-13-7-5-6-9-17-13/h12-15H,4-11H2,1-3H3. The smallest absolute Gasteiger partial charge is 0.0590 e. The summed E-state index contributed by atoms with van der Waals surface area (Å²) in [6.45, 7) is 7.34. The minimum absolute atomic E-state index is 0.470. The highest BCUT2D eigenvalue weighted by atomic mass is 16.5. The lowest BCUT2D eigenvalue weighted by Gasteiger charge is -2.31. The van der Waals surface area contributed by atoms with Crippen LogP contribution in [0.15, 0.2) is 0 Å².